The van der Waals surface area contributed by atoms with Gasteiger partial charge in [0.15, 0.2) is 17.1 Å². The number of amides is 1. The van der Waals surface area contributed by atoms with Gasteiger partial charge in [0.1, 0.15) is 0 Å². The van der Waals surface area contributed by atoms with Gasteiger partial charge >= 0.3 is 11.6 Å². The lowest BCUT2D eigenvalue weighted by molar-refractivity contribution is -0.386. The van der Waals surface area contributed by atoms with E-state index in [-0.39, 0.29) is 33.7 Å². The Morgan fingerprint density at radius 3 is 2.60 bits per heavy atom. The van der Waals surface area contributed by atoms with Crippen molar-refractivity contribution in [1.82, 2.24) is 5.43 Å². The summed E-state index contributed by atoms with van der Waals surface area (Å²) in [6.07, 6.45) is 1.01. The number of fused-ring (bicyclic) bond motifs is 1. The van der Waals surface area contributed by atoms with Crippen LogP contribution >= 0.6 is 15.9 Å². The first-order chi connectivity index (χ1) is 14.2. The van der Waals surface area contributed by atoms with Crippen LogP contribution in [0.5, 0.6) is 11.5 Å². The van der Waals surface area contributed by atoms with Crippen LogP contribution in [0.1, 0.15) is 16.1 Å². The molecule has 0 atom stereocenters. The summed E-state index contributed by atoms with van der Waals surface area (Å²) in [4.78, 5) is 32.8. The third kappa shape index (κ3) is 4.05. The Bertz CT molecular complexity index is 1220. The molecule has 1 aromatic heterocycles. The number of nitro benzene ring substituents is 2. The summed E-state index contributed by atoms with van der Waals surface area (Å²) in [5.41, 5.74) is 1.49. The molecule has 154 valence electrons. The van der Waals surface area contributed by atoms with Crippen LogP contribution in [-0.2, 0) is 0 Å². The Hall–Kier alpha value is -4.00. The number of nitrogens with one attached hydrogen (secondary N) is 1. The molecule has 3 rings (SSSR count). The fourth-order valence-electron chi connectivity index (χ4n) is 2.53. The molecule has 0 saturated carbocycles. The van der Waals surface area contributed by atoms with Gasteiger partial charge in [-0.25, -0.2) is 5.43 Å². The second-order valence-electron chi connectivity index (χ2n) is 5.75. The zero-order valence-corrected chi connectivity index (χ0v) is 16.6. The molecule has 1 heterocycles. The minimum absolute atomic E-state index is 0.0155. The van der Waals surface area contributed by atoms with Gasteiger partial charge in [-0.1, -0.05) is 15.9 Å². The van der Waals surface area contributed by atoms with E-state index in [1.54, 1.807) is 0 Å². The molecule has 0 saturated heterocycles. The van der Waals surface area contributed by atoms with E-state index in [2.05, 4.69) is 26.5 Å². The quantitative estimate of drug-likeness (QED) is 0.307. The Morgan fingerprint density at radius 1 is 1.23 bits per heavy atom. The highest BCUT2D eigenvalue weighted by molar-refractivity contribution is 9.10. The third-order valence-corrected chi connectivity index (χ3v) is 4.33. The lowest BCUT2D eigenvalue weighted by Crippen LogP contribution is -2.16. The fourth-order valence-corrected chi connectivity index (χ4v) is 3.00. The van der Waals surface area contributed by atoms with Crippen LogP contribution < -0.4 is 10.2 Å². The SMILES string of the molecule is COc1cc([N+](=O)[O-])cc2cc(C(=O)N/N=C\c3cc(Br)cc([N+](=O)[O-])c3O)oc12. The molecule has 0 aliphatic heterocycles. The van der Waals surface area contributed by atoms with E-state index < -0.39 is 27.2 Å². The predicted molar refractivity (Wildman–Crippen MR) is 107 cm³/mol. The van der Waals surface area contributed by atoms with Crippen molar-refractivity contribution in [2.75, 3.05) is 7.11 Å². The van der Waals surface area contributed by atoms with E-state index in [9.17, 15) is 30.1 Å². The number of methoxy groups -OCH3 is 1. The average molecular weight is 479 g/mol. The molecule has 0 bridgehead atoms. The summed E-state index contributed by atoms with van der Waals surface area (Å²) in [5, 5.41) is 35.8. The molecule has 0 spiro atoms. The summed E-state index contributed by atoms with van der Waals surface area (Å²) < 4.78 is 10.8. The van der Waals surface area contributed by atoms with Crippen molar-refractivity contribution < 1.29 is 28.9 Å². The number of hydrogen-bond donors (Lipinski definition) is 2. The maximum Gasteiger partial charge on any atom is 0.312 e. The number of nitro groups is 2. The summed E-state index contributed by atoms with van der Waals surface area (Å²) in [6, 6.07) is 6.14. The Labute approximate surface area is 175 Å². The molecule has 1 amide bonds. The number of non-ortho nitro benzene ring substituents is 1. The number of carbonyl (C=O) groups is 1. The zero-order valence-electron chi connectivity index (χ0n) is 15.0. The number of furan rings is 1. The van der Waals surface area contributed by atoms with E-state index in [1.165, 1.54) is 25.3 Å². The Kier molecular flexibility index (Phi) is 5.64. The number of aromatic hydroxyl groups is 1. The first kappa shape index (κ1) is 20.7. The highest BCUT2D eigenvalue weighted by Crippen LogP contribution is 2.34. The summed E-state index contributed by atoms with van der Waals surface area (Å²) >= 11 is 3.08. The van der Waals surface area contributed by atoms with Crippen LogP contribution in [-0.4, -0.2) is 34.2 Å². The number of hydrazone groups is 1. The maximum absolute atomic E-state index is 12.3. The maximum atomic E-state index is 12.3. The first-order valence-corrected chi connectivity index (χ1v) is 8.77. The van der Waals surface area contributed by atoms with E-state index in [0.29, 0.717) is 4.47 Å². The molecule has 2 N–H and O–H groups in total. The van der Waals surface area contributed by atoms with Crippen molar-refractivity contribution in [2.24, 2.45) is 5.10 Å². The number of ether oxygens (including phenoxy) is 1. The number of rotatable bonds is 6. The molecule has 3 aromatic rings. The molecule has 0 aliphatic carbocycles. The number of benzene rings is 2. The highest BCUT2D eigenvalue weighted by atomic mass is 79.9. The van der Waals surface area contributed by atoms with Gasteiger partial charge in [0.25, 0.3) is 5.69 Å². The molecule has 12 nitrogen and oxygen atoms in total. The summed E-state index contributed by atoms with van der Waals surface area (Å²) in [5.74, 6) is -1.54. The van der Waals surface area contributed by atoms with Crippen LogP contribution in [0, 0.1) is 20.2 Å². The lowest BCUT2D eigenvalue weighted by atomic mass is 10.2. The van der Waals surface area contributed by atoms with Crippen LogP contribution in [0.25, 0.3) is 11.0 Å². The lowest BCUT2D eigenvalue weighted by Gasteiger charge is -2.02. The normalized spacial score (nSPS) is 11.0. The fraction of sp³-hybridized carbons (Fsp3) is 0.0588. The zero-order chi connectivity index (χ0) is 22.0. The van der Waals surface area contributed by atoms with E-state index >= 15 is 0 Å². The molecule has 0 aliphatic rings. The van der Waals surface area contributed by atoms with Crippen molar-refractivity contribution in [3.63, 3.8) is 0 Å². The van der Waals surface area contributed by atoms with Crippen molar-refractivity contribution in [3.8, 4) is 11.5 Å². The van der Waals surface area contributed by atoms with Crippen LogP contribution in [0.15, 0.2) is 44.3 Å². The first-order valence-electron chi connectivity index (χ1n) is 7.97. The molecule has 2 aromatic carbocycles. The standard InChI is InChI=1S/C17H11BrN4O8/c1-29-13-6-11(21(25)26)3-8-4-14(30-16(8)13)17(24)20-19-7-9-2-10(18)5-12(15(9)23)22(27)28/h2-7,23H,1H3,(H,20,24)/b19-7-. The molecular formula is C17H11BrN4O8. The van der Waals surface area contributed by atoms with Gasteiger partial charge < -0.3 is 14.3 Å². The minimum Gasteiger partial charge on any atom is -0.502 e. The molecule has 0 unspecified atom stereocenters. The molecule has 30 heavy (non-hydrogen) atoms. The van der Waals surface area contributed by atoms with Crippen LogP contribution in [0.3, 0.4) is 0 Å². The van der Waals surface area contributed by atoms with Crippen molar-refractivity contribution in [1.29, 1.82) is 0 Å². The van der Waals surface area contributed by atoms with Gasteiger partial charge in [0.05, 0.1) is 29.2 Å². The number of carbonyl (C=O) groups excluding carboxylic acids is 1. The number of phenols is 1. The van der Waals surface area contributed by atoms with Crippen molar-refractivity contribution in [2.45, 2.75) is 0 Å². The third-order valence-electron chi connectivity index (χ3n) is 3.87. The monoisotopic (exact) mass is 478 g/mol. The van der Waals surface area contributed by atoms with E-state index in [4.69, 9.17) is 9.15 Å². The molecule has 0 radical (unpaired) electrons. The van der Waals surface area contributed by atoms with E-state index in [1.807, 2.05) is 0 Å². The van der Waals surface area contributed by atoms with Crippen molar-refractivity contribution in [3.05, 3.63) is 66.4 Å². The largest absolute Gasteiger partial charge is 0.502 e. The van der Waals surface area contributed by atoms with Gasteiger partial charge in [0, 0.05) is 27.6 Å². The number of hydrogen-bond acceptors (Lipinski definition) is 9. The smallest absolute Gasteiger partial charge is 0.312 e. The van der Waals surface area contributed by atoms with Gasteiger partial charge in [-0.2, -0.15) is 5.10 Å². The highest BCUT2D eigenvalue weighted by Gasteiger charge is 2.20. The Balaban J connectivity index is 1.86. The van der Waals surface area contributed by atoms with Gasteiger partial charge in [-0.15, -0.1) is 0 Å². The second kappa shape index (κ2) is 8.16. The minimum atomic E-state index is -0.795. The second-order valence-corrected chi connectivity index (χ2v) is 6.67. The number of phenolic OH excluding ortho intramolecular Hbond substituents is 1. The van der Waals surface area contributed by atoms with Gasteiger partial charge in [-0.05, 0) is 12.1 Å². The average Bonchev–Trinajstić information content (AvgIpc) is 3.13. The Morgan fingerprint density at radius 2 is 1.97 bits per heavy atom. The predicted octanol–water partition coefficient (Wildman–Crippen LogP) is 3.49. The van der Waals surface area contributed by atoms with Crippen molar-refractivity contribution >= 4 is 50.4 Å². The topological polar surface area (TPSA) is 170 Å². The summed E-state index contributed by atoms with van der Waals surface area (Å²) in [6.45, 7) is 0. The molecular weight excluding hydrogens is 468 g/mol. The number of halogens is 1. The van der Waals surface area contributed by atoms with Crippen LogP contribution in [0.2, 0.25) is 0 Å². The van der Waals surface area contributed by atoms with Gasteiger partial charge in [0.2, 0.25) is 5.75 Å². The number of nitrogens with zero attached hydrogens (tertiary/aromatic N) is 3. The van der Waals surface area contributed by atoms with Crippen LogP contribution in [0.4, 0.5) is 11.4 Å². The van der Waals surface area contributed by atoms with Gasteiger partial charge in [-0.3, -0.25) is 25.0 Å². The van der Waals surface area contributed by atoms with E-state index in [0.717, 1.165) is 18.3 Å². The summed E-state index contributed by atoms with van der Waals surface area (Å²) in [7, 11) is 1.30. The molecule has 13 heteroatoms. The molecule has 0 fully saturated rings.